The number of ether oxygens (including phenoxy) is 1. The second-order valence-corrected chi connectivity index (χ2v) is 3.52. The number of methoxy groups -OCH3 is 1. The minimum absolute atomic E-state index is 0.131. The summed E-state index contributed by atoms with van der Waals surface area (Å²) in [6.07, 6.45) is 1.67. The topological polar surface area (TPSA) is 54.5 Å². The normalized spacial score (nSPS) is 9.94. The van der Waals surface area contributed by atoms with Gasteiger partial charge in [-0.25, -0.2) is 4.98 Å². The highest BCUT2D eigenvalue weighted by molar-refractivity contribution is 5.98. The van der Waals surface area contributed by atoms with Crippen LogP contribution in [-0.4, -0.2) is 45.2 Å². The van der Waals surface area contributed by atoms with Crippen LogP contribution in [0.3, 0.4) is 0 Å². The molecule has 5 nitrogen and oxygen atoms in total. The number of hydrogen-bond donors (Lipinski definition) is 1. The summed E-state index contributed by atoms with van der Waals surface area (Å²) in [5.41, 5.74) is 0.573. The number of nitrogens with zero attached hydrogens (tertiary/aromatic N) is 2. The molecular weight excluding hydrogens is 206 g/mol. The summed E-state index contributed by atoms with van der Waals surface area (Å²) >= 11 is 0. The molecule has 0 radical (unpaired) electrons. The maximum absolute atomic E-state index is 11.8. The zero-order valence-corrected chi connectivity index (χ0v) is 9.86. The molecule has 0 fully saturated rings. The summed E-state index contributed by atoms with van der Waals surface area (Å²) in [6.45, 7) is 1.00. The van der Waals surface area contributed by atoms with Gasteiger partial charge in [0.25, 0.3) is 5.91 Å². The zero-order chi connectivity index (χ0) is 12.0. The Balaban J connectivity index is 2.74. The predicted molar refractivity (Wildman–Crippen MR) is 62.8 cm³/mol. The van der Waals surface area contributed by atoms with Gasteiger partial charge in [0, 0.05) is 33.9 Å². The van der Waals surface area contributed by atoms with E-state index in [2.05, 4.69) is 10.3 Å². The third-order valence-electron chi connectivity index (χ3n) is 2.05. The minimum atomic E-state index is -0.131. The fourth-order valence-corrected chi connectivity index (χ4v) is 1.29. The number of amides is 1. The molecule has 0 saturated carbocycles. The average Bonchev–Trinajstić information content (AvgIpc) is 2.29. The number of carbonyl (C=O) groups is 1. The Morgan fingerprint density at radius 1 is 1.56 bits per heavy atom. The van der Waals surface area contributed by atoms with Crippen molar-refractivity contribution < 1.29 is 9.53 Å². The Labute approximate surface area is 95.4 Å². The van der Waals surface area contributed by atoms with Crippen molar-refractivity contribution in [1.29, 1.82) is 0 Å². The number of rotatable bonds is 5. The molecule has 0 aliphatic heterocycles. The molecular formula is C11H17N3O2. The van der Waals surface area contributed by atoms with E-state index in [-0.39, 0.29) is 5.91 Å². The van der Waals surface area contributed by atoms with Gasteiger partial charge in [0.15, 0.2) is 0 Å². The van der Waals surface area contributed by atoms with Crippen molar-refractivity contribution in [2.45, 2.75) is 0 Å². The van der Waals surface area contributed by atoms with E-state index in [9.17, 15) is 4.79 Å². The third kappa shape index (κ3) is 3.20. The van der Waals surface area contributed by atoms with Gasteiger partial charge in [-0.05, 0) is 12.1 Å². The van der Waals surface area contributed by atoms with Crippen molar-refractivity contribution in [2.75, 3.05) is 39.3 Å². The van der Waals surface area contributed by atoms with Gasteiger partial charge in [-0.1, -0.05) is 0 Å². The van der Waals surface area contributed by atoms with Gasteiger partial charge in [-0.3, -0.25) is 4.79 Å². The molecule has 88 valence electrons. The molecule has 0 atom stereocenters. The predicted octanol–water partition coefficient (Wildman–Crippen LogP) is 0.524. The SMILES string of the molecule is COCCNC(=O)c1cccnc1N(C)C. The monoisotopic (exact) mass is 223 g/mol. The first-order chi connectivity index (χ1) is 7.66. The molecule has 0 aliphatic carbocycles. The Kier molecular flexibility index (Phi) is 4.72. The van der Waals surface area contributed by atoms with E-state index >= 15 is 0 Å². The maximum Gasteiger partial charge on any atom is 0.255 e. The standard InChI is InChI=1S/C11H17N3O2/c1-14(2)10-9(5-4-6-12-10)11(15)13-7-8-16-3/h4-6H,7-8H2,1-3H3,(H,13,15). The molecule has 1 aromatic heterocycles. The van der Waals surface area contributed by atoms with E-state index in [4.69, 9.17) is 4.74 Å². The molecule has 1 N–H and O–H groups in total. The molecule has 0 bridgehead atoms. The number of aromatic nitrogens is 1. The third-order valence-corrected chi connectivity index (χ3v) is 2.05. The molecule has 0 aromatic carbocycles. The smallest absolute Gasteiger partial charge is 0.255 e. The first kappa shape index (κ1) is 12.4. The molecule has 0 spiro atoms. The first-order valence-corrected chi connectivity index (χ1v) is 5.06. The molecule has 1 amide bonds. The van der Waals surface area contributed by atoms with Gasteiger partial charge in [-0.2, -0.15) is 0 Å². The van der Waals surface area contributed by atoms with Crippen LogP contribution in [-0.2, 0) is 4.74 Å². The Morgan fingerprint density at radius 2 is 2.31 bits per heavy atom. The maximum atomic E-state index is 11.8. The van der Waals surface area contributed by atoms with Crippen LogP contribution in [0.5, 0.6) is 0 Å². The van der Waals surface area contributed by atoms with Gasteiger partial charge < -0.3 is 15.0 Å². The Morgan fingerprint density at radius 3 is 2.94 bits per heavy atom. The van der Waals surface area contributed by atoms with Crippen LogP contribution in [0.1, 0.15) is 10.4 Å². The van der Waals surface area contributed by atoms with Crippen molar-refractivity contribution in [3.05, 3.63) is 23.9 Å². The molecule has 5 heteroatoms. The van der Waals surface area contributed by atoms with Crippen LogP contribution >= 0.6 is 0 Å². The Hall–Kier alpha value is -1.62. The van der Waals surface area contributed by atoms with Crippen molar-refractivity contribution in [2.24, 2.45) is 0 Å². The average molecular weight is 223 g/mol. The fourth-order valence-electron chi connectivity index (χ4n) is 1.29. The van der Waals surface area contributed by atoms with Gasteiger partial charge in [-0.15, -0.1) is 0 Å². The Bertz CT molecular complexity index is 353. The number of carbonyl (C=O) groups excluding carboxylic acids is 1. The number of hydrogen-bond acceptors (Lipinski definition) is 4. The summed E-state index contributed by atoms with van der Waals surface area (Å²) in [5, 5.41) is 2.76. The van der Waals surface area contributed by atoms with Gasteiger partial charge >= 0.3 is 0 Å². The zero-order valence-electron chi connectivity index (χ0n) is 9.86. The van der Waals surface area contributed by atoms with Crippen molar-refractivity contribution in [3.8, 4) is 0 Å². The second-order valence-electron chi connectivity index (χ2n) is 3.52. The van der Waals surface area contributed by atoms with E-state index in [1.807, 2.05) is 19.0 Å². The molecule has 1 heterocycles. The van der Waals surface area contributed by atoms with Crippen LogP contribution < -0.4 is 10.2 Å². The highest BCUT2D eigenvalue weighted by Gasteiger charge is 2.12. The molecule has 1 rings (SSSR count). The first-order valence-electron chi connectivity index (χ1n) is 5.06. The van der Waals surface area contributed by atoms with E-state index in [0.717, 1.165) is 0 Å². The summed E-state index contributed by atoms with van der Waals surface area (Å²) in [5.74, 6) is 0.534. The molecule has 0 unspecified atom stereocenters. The lowest BCUT2D eigenvalue weighted by Gasteiger charge is -2.15. The number of pyridine rings is 1. The highest BCUT2D eigenvalue weighted by Crippen LogP contribution is 2.13. The molecule has 0 saturated heterocycles. The van der Waals surface area contributed by atoms with Crippen molar-refractivity contribution in [3.63, 3.8) is 0 Å². The summed E-state index contributed by atoms with van der Waals surface area (Å²) < 4.78 is 4.87. The van der Waals surface area contributed by atoms with E-state index < -0.39 is 0 Å². The van der Waals surface area contributed by atoms with Crippen LogP contribution in [0.25, 0.3) is 0 Å². The van der Waals surface area contributed by atoms with Crippen LogP contribution in [0.4, 0.5) is 5.82 Å². The minimum Gasteiger partial charge on any atom is -0.383 e. The van der Waals surface area contributed by atoms with Gasteiger partial charge in [0.1, 0.15) is 5.82 Å². The summed E-state index contributed by atoms with van der Waals surface area (Å²) in [7, 11) is 5.31. The quantitative estimate of drug-likeness (QED) is 0.740. The molecule has 0 aliphatic rings. The van der Waals surface area contributed by atoms with E-state index in [0.29, 0.717) is 24.5 Å². The lowest BCUT2D eigenvalue weighted by Crippen LogP contribution is -2.29. The fraction of sp³-hybridized carbons (Fsp3) is 0.455. The summed E-state index contributed by atoms with van der Waals surface area (Å²) in [6, 6.07) is 3.50. The number of nitrogens with one attached hydrogen (secondary N) is 1. The van der Waals surface area contributed by atoms with Crippen LogP contribution in [0.2, 0.25) is 0 Å². The van der Waals surface area contributed by atoms with Crippen molar-refractivity contribution in [1.82, 2.24) is 10.3 Å². The molecule has 1 aromatic rings. The van der Waals surface area contributed by atoms with Crippen LogP contribution in [0.15, 0.2) is 18.3 Å². The van der Waals surface area contributed by atoms with E-state index in [1.165, 1.54) is 0 Å². The highest BCUT2D eigenvalue weighted by atomic mass is 16.5. The second kappa shape index (κ2) is 6.07. The van der Waals surface area contributed by atoms with Crippen molar-refractivity contribution >= 4 is 11.7 Å². The van der Waals surface area contributed by atoms with Crippen LogP contribution in [0, 0.1) is 0 Å². The lowest BCUT2D eigenvalue weighted by molar-refractivity contribution is 0.0937. The van der Waals surface area contributed by atoms with Gasteiger partial charge in [0.2, 0.25) is 0 Å². The molecule has 16 heavy (non-hydrogen) atoms. The van der Waals surface area contributed by atoms with Gasteiger partial charge in [0.05, 0.1) is 12.2 Å². The largest absolute Gasteiger partial charge is 0.383 e. The lowest BCUT2D eigenvalue weighted by atomic mass is 10.2. The van der Waals surface area contributed by atoms with E-state index in [1.54, 1.807) is 25.4 Å². The number of anilines is 1. The summed E-state index contributed by atoms with van der Waals surface area (Å²) in [4.78, 5) is 17.8.